The van der Waals surface area contributed by atoms with Crippen LogP contribution in [0, 0.1) is 5.92 Å². The molecule has 0 N–H and O–H groups in total. The zero-order valence-electron chi connectivity index (χ0n) is 10.6. The van der Waals surface area contributed by atoms with Gasteiger partial charge in [-0.3, -0.25) is 4.79 Å². The second-order valence-electron chi connectivity index (χ2n) is 5.08. The van der Waals surface area contributed by atoms with Crippen molar-refractivity contribution in [2.24, 2.45) is 5.92 Å². The molecule has 0 aliphatic heterocycles. The highest BCUT2D eigenvalue weighted by Crippen LogP contribution is 2.30. The van der Waals surface area contributed by atoms with E-state index in [2.05, 4.69) is 35.0 Å². The van der Waals surface area contributed by atoms with E-state index in [0.717, 1.165) is 36.3 Å². The van der Waals surface area contributed by atoms with Gasteiger partial charge in [-0.05, 0) is 43.4 Å². The van der Waals surface area contributed by atoms with Gasteiger partial charge < -0.3 is 0 Å². The Bertz CT molecular complexity index is 442. The second kappa shape index (κ2) is 6.21. The molecule has 0 radical (unpaired) electrons. The third kappa shape index (κ3) is 3.36. The van der Waals surface area contributed by atoms with Crippen LogP contribution in [0.25, 0.3) is 0 Å². The molecule has 18 heavy (non-hydrogen) atoms. The molecule has 0 amide bonds. The number of carbonyl (C=O) groups is 1. The van der Waals surface area contributed by atoms with Crippen LogP contribution in [0.2, 0.25) is 5.02 Å². The van der Waals surface area contributed by atoms with Crippen molar-refractivity contribution in [3.63, 3.8) is 0 Å². The Balaban J connectivity index is 2.11. The molecule has 0 bridgehead atoms. The van der Waals surface area contributed by atoms with Gasteiger partial charge in [0.2, 0.25) is 0 Å². The summed E-state index contributed by atoms with van der Waals surface area (Å²) < 4.78 is 0. The number of hydrogen-bond donors (Lipinski definition) is 0. The zero-order chi connectivity index (χ0) is 13.1. The molecule has 1 saturated carbocycles. The fourth-order valence-electron chi connectivity index (χ4n) is 2.51. The predicted molar refractivity (Wildman–Crippen MR) is 79.5 cm³/mol. The Morgan fingerprint density at radius 3 is 2.83 bits per heavy atom. The van der Waals surface area contributed by atoms with Crippen molar-refractivity contribution in [3.8, 4) is 0 Å². The largest absolute Gasteiger partial charge is 0.299 e. The highest BCUT2D eigenvalue weighted by Gasteiger charge is 2.23. The summed E-state index contributed by atoms with van der Waals surface area (Å²) in [6.07, 6.45) is 4.80. The van der Waals surface area contributed by atoms with Crippen LogP contribution < -0.4 is 0 Å². The number of alkyl halides is 1. The Hall–Kier alpha value is -0.340. The highest BCUT2D eigenvalue weighted by atomic mass is 79.9. The Morgan fingerprint density at radius 2 is 2.22 bits per heavy atom. The van der Waals surface area contributed by atoms with E-state index in [1.54, 1.807) is 0 Å². The fraction of sp³-hybridized carbons (Fsp3) is 0.533. The van der Waals surface area contributed by atoms with E-state index in [-0.39, 0.29) is 5.92 Å². The molecule has 1 aromatic carbocycles. The lowest BCUT2D eigenvalue weighted by Crippen LogP contribution is -2.21. The average Bonchev–Trinajstić information content (AvgIpc) is 2.34. The summed E-state index contributed by atoms with van der Waals surface area (Å²) in [5.74, 6) is 0.596. The standard InChI is InChI=1S/C15H18BrClO/c1-10(16)11-6-7-12(14(17)9-11)8-13-4-2-3-5-15(13)18/h6-7,9-10,13H,2-5,8H2,1H3. The molecule has 1 aliphatic carbocycles. The predicted octanol–water partition coefficient (Wildman–Crippen LogP) is 5.10. The number of ketones is 1. The van der Waals surface area contributed by atoms with Gasteiger partial charge in [0.25, 0.3) is 0 Å². The van der Waals surface area contributed by atoms with E-state index < -0.39 is 0 Å². The summed E-state index contributed by atoms with van der Waals surface area (Å²) in [5, 5.41) is 0.789. The first-order valence-electron chi connectivity index (χ1n) is 6.53. The zero-order valence-corrected chi connectivity index (χ0v) is 12.9. The molecule has 2 atom stereocenters. The third-order valence-corrected chi connectivity index (χ3v) is 4.56. The molecule has 0 spiro atoms. The van der Waals surface area contributed by atoms with Crippen molar-refractivity contribution < 1.29 is 4.79 Å². The maximum atomic E-state index is 11.8. The minimum Gasteiger partial charge on any atom is -0.299 e. The smallest absolute Gasteiger partial charge is 0.136 e. The van der Waals surface area contributed by atoms with Gasteiger partial charge >= 0.3 is 0 Å². The van der Waals surface area contributed by atoms with E-state index >= 15 is 0 Å². The molecule has 0 heterocycles. The van der Waals surface area contributed by atoms with Crippen molar-refractivity contribution in [2.75, 3.05) is 0 Å². The summed E-state index contributed by atoms with van der Waals surface area (Å²) in [7, 11) is 0. The molecule has 1 fully saturated rings. The summed E-state index contributed by atoms with van der Waals surface area (Å²) in [4.78, 5) is 12.1. The maximum Gasteiger partial charge on any atom is 0.136 e. The lowest BCUT2D eigenvalue weighted by Gasteiger charge is -2.21. The number of benzene rings is 1. The van der Waals surface area contributed by atoms with Crippen LogP contribution in [0.3, 0.4) is 0 Å². The molecular formula is C15H18BrClO. The van der Waals surface area contributed by atoms with Crippen LogP contribution in [-0.2, 0) is 11.2 Å². The highest BCUT2D eigenvalue weighted by molar-refractivity contribution is 9.09. The molecule has 0 saturated heterocycles. The summed E-state index contributed by atoms with van der Waals surface area (Å²) in [6, 6.07) is 6.16. The van der Waals surface area contributed by atoms with E-state index in [0.29, 0.717) is 10.6 Å². The van der Waals surface area contributed by atoms with E-state index in [1.807, 2.05) is 6.07 Å². The number of rotatable bonds is 3. The van der Waals surface area contributed by atoms with Crippen LogP contribution in [0.4, 0.5) is 0 Å². The SMILES string of the molecule is CC(Br)c1ccc(CC2CCCCC2=O)c(Cl)c1. The van der Waals surface area contributed by atoms with Crippen LogP contribution in [-0.4, -0.2) is 5.78 Å². The molecule has 1 nitrogen and oxygen atoms in total. The van der Waals surface area contributed by atoms with Gasteiger partial charge in [0.15, 0.2) is 0 Å². The summed E-state index contributed by atoms with van der Waals surface area (Å²) >= 11 is 9.84. The summed E-state index contributed by atoms with van der Waals surface area (Å²) in [6.45, 7) is 2.08. The van der Waals surface area contributed by atoms with Crippen LogP contribution in [0.1, 0.15) is 48.6 Å². The Kier molecular flexibility index (Phi) is 4.85. The monoisotopic (exact) mass is 328 g/mol. The van der Waals surface area contributed by atoms with Gasteiger partial charge in [-0.15, -0.1) is 0 Å². The van der Waals surface area contributed by atoms with Gasteiger partial charge in [-0.2, -0.15) is 0 Å². The van der Waals surface area contributed by atoms with Gasteiger partial charge in [0, 0.05) is 22.2 Å². The molecule has 0 aromatic heterocycles. The first-order chi connectivity index (χ1) is 8.58. The number of Topliss-reactive ketones (excluding diaryl/α,β-unsaturated/α-hetero) is 1. The number of halogens is 2. The van der Waals surface area contributed by atoms with Gasteiger partial charge in [0.1, 0.15) is 5.78 Å². The minimum atomic E-state index is 0.184. The lowest BCUT2D eigenvalue weighted by atomic mass is 9.83. The maximum absolute atomic E-state index is 11.8. The third-order valence-electron chi connectivity index (χ3n) is 3.68. The van der Waals surface area contributed by atoms with Gasteiger partial charge in [-0.1, -0.05) is 46.1 Å². The van der Waals surface area contributed by atoms with Crippen molar-refractivity contribution in [1.82, 2.24) is 0 Å². The first-order valence-corrected chi connectivity index (χ1v) is 7.82. The number of carbonyl (C=O) groups excluding carboxylic acids is 1. The molecule has 1 aliphatic rings. The molecule has 2 unspecified atom stereocenters. The second-order valence-corrected chi connectivity index (χ2v) is 6.86. The molecule has 98 valence electrons. The molecule has 1 aromatic rings. The van der Waals surface area contributed by atoms with Gasteiger partial charge in [-0.25, -0.2) is 0 Å². The first kappa shape index (κ1) is 14.1. The van der Waals surface area contributed by atoms with Crippen molar-refractivity contribution in [3.05, 3.63) is 34.3 Å². The van der Waals surface area contributed by atoms with E-state index in [1.165, 1.54) is 12.0 Å². The van der Waals surface area contributed by atoms with E-state index in [9.17, 15) is 4.79 Å². The van der Waals surface area contributed by atoms with Crippen molar-refractivity contribution in [2.45, 2.75) is 43.9 Å². The average molecular weight is 330 g/mol. The molecular weight excluding hydrogens is 312 g/mol. The normalized spacial score (nSPS) is 21.9. The minimum absolute atomic E-state index is 0.184. The van der Waals surface area contributed by atoms with E-state index in [4.69, 9.17) is 11.6 Å². The Morgan fingerprint density at radius 1 is 1.44 bits per heavy atom. The fourth-order valence-corrected chi connectivity index (χ4v) is 3.06. The molecule has 3 heteroatoms. The number of hydrogen-bond acceptors (Lipinski definition) is 1. The lowest BCUT2D eigenvalue weighted by molar-refractivity contribution is -0.124. The topological polar surface area (TPSA) is 17.1 Å². The quantitative estimate of drug-likeness (QED) is 0.705. The van der Waals surface area contributed by atoms with Gasteiger partial charge in [0.05, 0.1) is 0 Å². The van der Waals surface area contributed by atoms with Crippen molar-refractivity contribution >= 4 is 33.3 Å². The molecule has 2 rings (SSSR count). The Labute approximate surface area is 122 Å². The van der Waals surface area contributed by atoms with Crippen LogP contribution in [0.5, 0.6) is 0 Å². The van der Waals surface area contributed by atoms with Crippen LogP contribution in [0.15, 0.2) is 18.2 Å². The van der Waals surface area contributed by atoms with Crippen molar-refractivity contribution in [1.29, 1.82) is 0 Å². The summed E-state index contributed by atoms with van der Waals surface area (Å²) in [5.41, 5.74) is 2.28. The van der Waals surface area contributed by atoms with Crippen LogP contribution >= 0.6 is 27.5 Å².